The highest BCUT2D eigenvalue weighted by atomic mass is 16.5. The number of ether oxygens (including phenoxy) is 1. The lowest BCUT2D eigenvalue weighted by Crippen LogP contribution is -2.53. The van der Waals surface area contributed by atoms with E-state index in [9.17, 15) is 14.7 Å². The molecule has 4 atom stereocenters. The molecule has 1 fully saturated rings. The minimum Gasteiger partial charge on any atom is -0.388 e. The largest absolute Gasteiger partial charge is 0.388 e. The van der Waals surface area contributed by atoms with Gasteiger partial charge in [-0.1, -0.05) is 36.4 Å². The highest BCUT2D eigenvalue weighted by molar-refractivity contribution is 6.30. The van der Waals surface area contributed by atoms with Crippen LogP contribution in [0.15, 0.2) is 48.5 Å². The van der Waals surface area contributed by atoms with Crippen molar-refractivity contribution in [3.63, 3.8) is 0 Å². The number of hydrogen-bond donors (Lipinski definition) is 4. The van der Waals surface area contributed by atoms with Crippen LogP contribution in [-0.4, -0.2) is 44.7 Å². The van der Waals surface area contributed by atoms with Crippen LogP contribution in [0, 0.1) is 0 Å². The average molecular weight is 483 g/mol. The Kier molecular flexibility index (Phi) is 4.49. The molecule has 2 aliphatic heterocycles. The third-order valence-corrected chi connectivity index (χ3v) is 7.76. The van der Waals surface area contributed by atoms with E-state index in [1.54, 1.807) is 0 Å². The predicted molar refractivity (Wildman–Crippen MR) is 138 cm³/mol. The molecule has 0 bridgehead atoms. The maximum Gasteiger partial charge on any atom is 0.252 e. The topological polar surface area (TPSA) is 108 Å². The van der Waals surface area contributed by atoms with Gasteiger partial charge in [-0.2, -0.15) is 0 Å². The van der Waals surface area contributed by atoms with Gasteiger partial charge >= 0.3 is 0 Å². The van der Waals surface area contributed by atoms with E-state index in [0.717, 1.165) is 49.2 Å². The van der Waals surface area contributed by atoms with E-state index < -0.39 is 24.5 Å². The van der Waals surface area contributed by atoms with Crippen LogP contribution < -0.4 is 10.6 Å². The van der Waals surface area contributed by atoms with Gasteiger partial charge < -0.3 is 30.0 Å². The van der Waals surface area contributed by atoms with Gasteiger partial charge in [-0.05, 0) is 24.6 Å². The first-order valence-corrected chi connectivity index (χ1v) is 12.3. The number of rotatable bonds is 2. The van der Waals surface area contributed by atoms with Gasteiger partial charge in [0, 0.05) is 47.0 Å². The highest BCUT2D eigenvalue weighted by Crippen LogP contribution is 2.45. The van der Waals surface area contributed by atoms with Crippen LogP contribution in [-0.2, 0) is 16.1 Å². The van der Waals surface area contributed by atoms with Crippen LogP contribution in [0.2, 0.25) is 0 Å². The zero-order valence-electron chi connectivity index (χ0n) is 20.0. The summed E-state index contributed by atoms with van der Waals surface area (Å²) in [6.45, 7) is 3.76. The number of nitrogens with one attached hydrogen (secondary N) is 3. The Hall–Kier alpha value is -3.88. The van der Waals surface area contributed by atoms with Crippen molar-refractivity contribution >= 4 is 55.4 Å². The van der Waals surface area contributed by atoms with Crippen LogP contribution in [0.4, 0.5) is 0 Å². The van der Waals surface area contributed by atoms with Crippen molar-refractivity contribution in [2.45, 2.75) is 51.3 Å². The number of carbonyl (C=O) groups is 2. The molecule has 182 valence electrons. The van der Waals surface area contributed by atoms with E-state index in [-0.39, 0.29) is 11.8 Å². The molecule has 4 heterocycles. The molecular weight excluding hydrogens is 456 g/mol. The van der Waals surface area contributed by atoms with E-state index >= 15 is 0 Å². The third-order valence-electron chi connectivity index (χ3n) is 7.76. The first kappa shape index (κ1) is 21.4. The second kappa shape index (κ2) is 7.56. The zero-order chi connectivity index (χ0) is 24.7. The molecule has 0 radical (unpaired) electrons. The lowest BCUT2D eigenvalue weighted by molar-refractivity contribution is -0.152. The number of carbonyl (C=O) groups excluding carboxylic acids is 2. The van der Waals surface area contributed by atoms with Crippen LogP contribution in [0.25, 0.3) is 43.6 Å². The molecule has 8 heteroatoms. The molecule has 36 heavy (non-hydrogen) atoms. The monoisotopic (exact) mass is 482 g/mol. The predicted octanol–water partition coefficient (Wildman–Crippen LogP) is 3.85. The fourth-order valence-corrected chi connectivity index (χ4v) is 6.29. The lowest BCUT2D eigenvalue weighted by atomic mass is 9.96. The maximum absolute atomic E-state index is 13.2. The molecule has 4 N–H and O–H groups in total. The van der Waals surface area contributed by atoms with Crippen molar-refractivity contribution in [2.24, 2.45) is 0 Å². The van der Waals surface area contributed by atoms with Gasteiger partial charge in [0.1, 0.15) is 12.3 Å². The van der Waals surface area contributed by atoms with Crippen molar-refractivity contribution in [3.8, 4) is 0 Å². The Morgan fingerprint density at radius 3 is 2.67 bits per heavy atom. The van der Waals surface area contributed by atoms with E-state index in [4.69, 9.17) is 4.74 Å². The van der Waals surface area contributed by atoms with E-state index in [2.05, 4.69) is 26.3 Å². The minimum atomic E-state index is -0.818. The van der Waals surface area contributed by atoms with Crippen LogP contribution >= 0.6 is 0 Å². The number of hydrogen-bond acceptors (Lipinski definition) is 4. The number of aromatic nitrogens is 2. The van der Waals surface area contributed by atoms with Gasteiger partial charge in [-0.3, -0.25) is 9.59 Å². The summed E-state index contributed by atoms with van der Waals surface area (Å²) >= 11 is 0. The molecule has 0 aliphatic carbocycles. The first-order chi connectivity index (χ1) is 17.4. The lowest BCUT2D eigenvalue weighted by Gasteiger charge is -2.39. The van der Waals surface area contributed by atoms with Gasteiger partial charge in [0.2, 0.25) is 5.91 Å². The van der Waals surface area contributed by atoms with Crippen molar-refractivity contribution in [3.05, 3.63) is 59.7 Å². The molecule has 7 rings (SSSR count). The van der Waals surface area contributed by atoms with Gasteiger partial charge in [0.15, 0.2) is 0 Å². The van der Waals surface area contributed by atoms with Crippen LogP contribution in [0.5, 0.6) is 0 Å². The van der Waals surface area contributed by atoms with E-state index in [1.165, 1.54) is 6.92 Å². The van der Waals surface area contributed by atoms with Crippen molar-refractivity contribution < 1.29 is 19.4 Å². The molecule has 8 nitrogen and oxygen atoms in total. The number of aromatic amines is 1. The summed E-state index contributed by atoms with van der Waals surface area (Å²) in [6.07, 6.45) is -1.38. The van der Waals surface area contributed by atoms with Crippen LogP contribution in [0.3, 0.4) is 0 Å². The number of para-hydroxylation sites is 2. The summed E-state index contributed by atoms with van der Waals surface area (Å²) in [5, 5.41) is 20.7. The molecular formula is C28H26N4O4. The quantitative estimate of drug-likeness (QED) is 0.307. The van der Waals surface area contributed by atoms with Gasteiger partial charge in [-0.25, -0.2) is 0 Å². The molecule has 2 aliphatic rings. The number of fused-ring (bicyclic) bond motifs is 10. The smallest absolute Gasteiger partial charge is 0.252 e. The average Bonchev–Trinajstić information content (AvgIpc) is 3.53. The fourth-order valence-electron chi connectivity index (χ4n) is 6.29. The number of amides is 2. The Bertz CT molecular complexity index is 1730. The molecule has 5 aromatic rings. The second-order valence-corrected chi connectivity index (χ2v) is 9.90. The van der Waals surface area contributed by atoms with Crippen molar-refractivity contribution in [1.82, 2.24) is 20.2 Å². The maximum atomic E-state index is 13.2. The van der Waals surface area contributed by atoms with E-state index in [0.29, 0.717) is 18.5 Å². The standard InChI is InChI=1S/C28H26N4O4/c1-13-27(34)19(30-14(2)33)11-21(36-13)32-20-10-6-4-8-16(20)23-24-17(12-29-28(24)35)22-15-7-3-5-9-18(15)31-25(22)26(23)32/h3-10,13,19,21,27,31,34H,11-12H2,1-2H3,(H,29,35)(H,30,33)/t13-,19+,21+,27-/m0/s1. The molecule has 3 aromatic carbocycles. The summed E-state index contributed by atoms with van der Waals surface area (Å²) in [5.41, 5.74) is 5.51. The highest BCUT2D eigenvalue weighted by Gasteiger charge is 2.39. The normalized spacial score (nSPS) is 24.0. The molecule has 0 spiro atoms. The Labute approximate surface area is 206 Å². The number of benzene rings is 3. The Morgan fingerprint density at radius 2 is 1.86 bits per heavy atom. The van der Waals surface area contributed by atoms with Crippen molar-refractivity contribution in [1.29, 1.82) is 0 Å². The number of aliphatic hydroxyl groups is 1. The SMILES string of the molecule is CC(=O)N[C@@H]1C[C@H](n2c3ccccc3c3c4c(c5c6ccccc6[nH]c5c32)CNC4=O)O[C@@H](C)[C@@H]1O. The van der Waals surface area contributed by atoms with Gasteiger partial charge in [-0.15, -0.1) is 0 Å². The number of aliphatic hydroxyl groups excluding tert-OH is 1. The molecule has 0 unspecified atom stereocenters. The second-order valence-electron chi connectivity index (χ2n) is 9.90. The van der Waals surface area contributed by atoms with Gasteiger partial charge in [0.05, 0.1) is 34.3 Å². The zero-order valence-corrected chi connectivity index (χ0v) is 20.0. The van der Waals surface area contributed by atoms with E-state index in [1.807, 2.05) is 49.4 Å². The summed E-state index contributed by atoms with van der Waals surface area (Å²) in [6, 6.07) is 15.7. The Morgan fingerprint density at radius 1 is 1.11 bits per heavy atom. The summed E-state index contributed by atoms with van der Waals surface area (Å²) in [5.74, 6) is -0.267. The first-order valence-electron chi connectivity index (χ1n) is 12.3. The summed E-state index contributed by atoms with van der Waals surface area (Å²) in [7, 11) is 0. The van der Waals surface area contributed by atoms with Crippen molar-refractivity contribution in [2.75, 3.05) is 0 Å². The fraction of sp³-hybridized carbons (Fsp3) is 0.286. The molecule has 1 saturated heterocycles. The molecule has 0 saturated carbocycles. The number of H-pyrrole nitrogens is 1. The minimum absolute atomic E-state index is 0.0745. The Balaban J connectivity index is 1.61. The van der Waals surface area contributed by atoms with Gasteiger partial charge in [0.25, 0.3) is 5.91 Å². The molecule has 2 amide bonds. The number of nitrogens with zero attached hydrogens (tertiary/aromatic N) is 1. The summed E-state index contributed by atoms with van der Waals surface area (Å²) in [4.78, 5) is 28.8. The summed E-state index contributed by atoms with van der Waals surface area (Å²) < 4.78 is 8.53. The third kappa shape index (κ3) is 2.82. The molecule has 2 aromatic heterocycles. The van der Waals surface area contributed by atoms with Crippen LogP contribution in [0.1, 0.15) is 42.4 Å².